The van der Waals surface area contributed by atoms with Crippen LogP contribution in [0.25, 0.3) is 0 Å². The van der Waals surface area contributed by atoms with Crippen molar-refractivity contribution >= 4 is 5.91 Å². The van der Waals surface area contributed by atoms with E-state index in [4.69, 9.17) is 5.21 Å². The van der Waals surface area contributed by atoms with Gasteiger partial charge in [0.05, 0.1) is 19.3 Å². The van der Waals surface area contributed by atoms with Crippen molar-refractivity contribution in [3.63, 3.8) is 0 Å². The third kappa shape index (κ3) is 17.7. The van der Waals surface area contributed by atoms with Gasteiger partial charge in [-0.05, 0) is 19.3 Å². The molecular formula is C21H27NO2. The minimum Gasteiger partial charge on any atom is -0.289 e. The molecule has 128 valence electrons. The largest absolute Gasteiger partial charge is 0.289 e. The fraction of sp³-hybridized carbons (Fsp3) is 0.571. The Labute approximate surface area is 146 Å². The number of carbonyl (C=O) groups excluding carboxylic acids is 1. The van der Waals surface area contributed by atoms with Crippen molar-refractivity contribution < 1.29 is 10.0 Å². The number of hydrogen-bond donors (Lipinski definition) is 2. The molecule has 0 aliphatic rings. The summed E-state index contributed by atoms with van der Waals surface area (Å²) in [6.07, 6.45) is 8.94. The highest BCUT2D eigenvalue weighted by Gasteiger charge is 1.96. The predicted octanol–water partition coefficient (Wildman–Crippen LogP) is 3.82. The summed E-state index contributed by atoms with van der Waals surface area (Å²) in [5.74, 6) is 23.9. The first-order valence-electron chi connectivity index (χ1n) is 8.57. The van der Waals surface area contributed by atoms with Crippen molar-refractivity contribution in [3.05, 3.63) is 0 Å². The van der Waals surface area contributed by atoms with Crippen LogP contribution in [-0.2, 0) is 4.79 Å². The Morgan fingerprint density at radius 2 is 1.25 bits per heavy atom. The molecular weight excluding hydrogens is 298 g/mol. The fourth-order valence-electron chi connectivity index (χ4n) is 1.68. The van der Waals surface area contributed by atoms with Gasteiger partial charge in [0.15, 0.2) is 0 Å². The second kappa shape index (κ2) is 18.7. The van der Waals surface area contributed by atoms with E-state index in [9.17, 15) is 4.79 Å². The SMILES string of the molecule is CCCCC#CCC#CCC#CCC#CCCCCCC(=O)NO. The number of hydrogen-bond acceptors (Lipinski definition) is 2. The van der Waals surface area contributed by atoms with Crippen LogP contribution in [0, 0.1) is 47.4 Å². The van der Waals surface area contributed by atoms with E-state index < -0.39 is 0 Å². The molecule has 0 spiro atoms. The summed E-state index contributed by atoms with van der Waals surface area (Å²) in [5, 5.41) is 8.33. The Morgan fingerprint density at radius 3 is 1.75 bits per heavy atom. The number of unbranched alkanes of at least 4 members (excludes halogenated alkanes) is 5. The van der Waals surface area contributed by atoms with Gasteiger partial charge < -0.3 is 0 Å². The van der Waals surface area contributed by atoms with Gasteiger partial charge in [0.1, 0.15) is 0 Å². The van der Waals surface area contributed by atoms with Crippen molar-refractivity contribution in [1.29, 1.82) is 0 Å². The molecule has 0 aliphatic heterocycles. The average Bonchev–Trinajstić information content (AvgIpc) is 2.60. The summed E-state index contributed by atoms with van der Waals surface area (Å²) in [4.78, 5) is 10.8. The minimum atomic E-state index is -0.331. The predicted molar refractivity (Wildman–Crippen MR) is 97.5 cm³/mol. The monoisotopic (exact) mass is 325 g/mol. The average molecular weight is 325 g/mol. The summed E-state index contributed by atoms with van der Waals surface area (Å²) in [6.45, 7) is 2.16. The molecule has 0 heterocycles. The van der Waals surface area contributed by atoms with Crippen molar-refractivity contribution in [2.75, 3.05) is 0 Å². The molecule has 3 nitrogen and oxygen atoms in total. The Kier molecular flexibility index (Phi) is 16.9. The van der Waals surface area contributed by atoms with Crippen LogP contribution in [0.2, 0.25) is 0 Å². The van der Waals surface area contributed by atoms with E-state index in [1.807, 2.05) is 0 Å². The zero-order chi connectivity index (χ0) is 17.7. The lowest BCUT2D eigenvalue weighted by atomic mass is 10.1. The number of carbonyl (C=O) groups is 1. The van der Waals surface area contributed by atoms with Gasteiger partial charge in [0.25, 0.3) is 0 Å². The van der Waals surface area contributed by atoms with Crippen LogP contribution in [0.3, 0.4) is 0 Å². The van der Waals surface area contributed by atoms with E-state index in [-0.39, 0.29) is 5.91 Å². The van der Waals surface area contributed by atoms with Gasteiger partial charge in [-0.25, -0.2) is 5.48 Å². The van der Waals surface area contributed by atoms with Gasteiger partial charge in [-0.3, -0.25) is 10.0 Å². The molecule has 0 saturated carbocycles. The zero-order valence-corrected chi connectivity index (χ0v) is 14.6. The molecule has 0 rings (SSSR count). The van der Waals surface area contributed by atoms with E-state index in [0.29, 0.717) is 25.7 Å². The van der Waals surface area contributed by atoms with Gasteiger partial charge in [-0.2, -0.15) is 0 Å². The Morgan fingerprint density at radius 1 is 0.750 bits per heavy atom. The van der Waals surface area contributed by atoms with Crippen LogP contribution in [0.5, 0.6) is 0 Å². The molecule has 0 saturated heterocycles. The third-order valence-corrected chi connectivity index (χ3v) is 3.02. The Balaban J connectivity index is 3.54. The number of amides is 1. The van der Waals surface area contributed by atoms with Crippen molar-refractivity contribution in [2.45, 2.75) is 77.6 Å². The minimum absolute atomic E-state index is 0.331. The first kappa shape index (κ1) is 21.7. The van der Waals surface area contributed by atoms with Crippen molar-refractivity contribution in [2.24, 2.45) is 0 Å². The summed E-state index contributed by atoms with van der Waals surface area (Å²) < 4.78 is 0. The first-order chi connectivity index (χ1) is 11.8. The number of nitrogens with one attached hydrogen (secondary N) is 1. The summed E-state index contributed by atoms with van der Waals surface area (Å²) in [5.41, 5.74) is 1.62. The first-order valence-corrected chi connectivity index (χ1v) is 8.57. The van der Waals surface area contributed by atoms with Crippen LogP contribution < -0.4 is 5.48 Å². The molecule has 0 aromatic heterocycles. The lowest BCUT2D eigenvalue weighted by Crippen LogP contribution is -2.17. The number of rotatable bonds is 7. The van der Waals surface area contributed by atoms with Gasteiger partial charge in [-0.15, -0.1) is 11.8 Å². The molecule has 0 aromatic carbocycles. The highest BCUT2D eigenvalue weighted by atomic mass is 16.5. The highest BCUT2D eigenvalue weighted by molar-refractivity contribution is 5.74. The highest BCUT2D eigenvalue weighted by Crippen LogP contribution is 2.01. The molecule has 0 aromatic rings. The maximum absolute atomic E-state index is 10.8. The van der Waals surface area contributed by atoms with E-state index in [0.717, 1.165) is 38.5 Å². The van der Waals surface area contributed by atoms with Crippen LogP contribution in [0.15, 0.2) is 0 Å². The van der Waals surface area contributed by atoms with E-state index in [2.05, 4.69) is 54.3 Å². The molecule has 0 fully saturated rings. The lowest BCUT2D eigenvalue weighted by Gasteiger charge is -1.96. The molecule has 0 unspecified atom stereocenters. The smallest absolute Gasteiger partial charge is 0.243 e. The van der Waals surface area contributed by atoms with Crippen LogP contribution in [0.4, 0.5) is 0 Å². The molecule has 0 bridgehead atoms. The molecule has 0 radical (unpaired) electrons. The van der Waals surface area contributed by atoms with Crippen molar-refractivity contribution in [3.8, 4) is 47.4 Å². The number of hydroxylamine groups is 1. The maximum atomic E-state index is 10.8. The zero-order valence-electron chi connectivity index (χ0n) is 14.6. The van der Waals surface area contributed by atoms with E-state index in [1.54, 1.807) is 5.48 Å². The Hall–Kier alpha value is -2.33. The Bertz CT molecular complexity index is 576. The summed E-state index contributed by atoms with van der Waals surface area (Å²) in [6, 6.07) is 0. The van der Waals surface area contributed by atoms with Crippen LogP contribution in [0.1, 0.15) is 77.6 Å². The molecule has 1 amide bonds. The molecule has 24 heavy (non-hydrogen) atoms. The molecule has 2 N–H and O–H groups in total. The summed E-state index contributed by atoms with van der Waals surface area (Å²) >= 11 is 0. The fourth-order valence-corrected chi connectivity index (χ4v) is 1.68. The van der Waals surface area contributed by atoms with Gasteiger partial charge in [0, 0.05) is 19.3 Å². The second-order valence-corrected chi connectivity index (χ2v) is 5.14. The lowest BCUT2D eigenvalue weighted by molar-refractivity contribution is -0.129. The van der Waals surface area contributed by atoms with Gasteiger partial charge in [-0.1, -0.05) is 55.3 Å². The standard InChI is InChI=1S/C21H27NO2/c1-2-3-4-5-6-7-8-9-10-11-12-13-14-15-16-17-18-19-20-21(23)22-24/h24H,2-4,7,10,13,16-20H2,1H3,(H,22,23). The van der Waals surface area contributed by atoms with Crippen LogP contribution in [-0.4, -0.2) is 11.1 Å². The second-order valence-electron chi connectivity index (χ2n) is 5.14. The normalized spacial score (nSPS) is 8.25. The molecule has 0 atom stereocenters. The third-order valence-electron chi connectivity index (χ3n) is 3.02. The van der Waals surface area contributed by atoms with E-state index in [1.165, 1.54) is 6.42 Å². The summed E-state index contributed by atoms with van der Waals surface area (Å²) in [7, 11) is 0. The van der Waals surface area contributed by atoms with Crippen LogP contribution >= 0.6 is 0 Å². The van der Waals surface area contributed by atoms with Gasteiger partial charge in [0.2, 0.25) is 5.91 Å². The van der Waals surface area contributed by atoms with Gasteiger partial charge >= 0.3 is 0 Å². The van der Waals surface area contributed by atoms with Crippen molar-refractivity contribution in [1.82, 2.24) is 5.48 Å². The molecule has 3 heteroatoms. The molecule has 0 aliphatic carbocycles. The maximum Gasteiger partial charge on any atom is 0.243 e. The quantitative estimate of drug-likeness (QED) is 0.324. The van der Waals surface area contributed by atoms with E-state index >= 15 is 0 Å². The topological polar surface area (TPSA) is 49.3 Å².